The molecule has 0 fully saturated rings. The molecule has 2 aromatic rings. The number of rotatable bonds is 5. The molecule has 0 aliphatic heterocycles. The molecule has 0 atom stereocenters. The summed E-state index contributed by atoms with van der Waals surface area (Å²) < 4.78 is 1.86. The number of nitrogens with one attached hydrogen (secondary N) is 2. The molecule has 0 radical (unpaired) electrons. The maximum Gasteiger partial charge on any atom is 0.191 e. The second-order valence-corrected chi connectivity index (χ2v) is 4.22. The molecule has 0 saturated heterocycles. The number of para-hydroxylation sites is 1. The van der Waals surface area contributed by atoms with E-state index in [-0.39, 0.29) is 0 Å². The summed E-state index contributed by atoms with van der Waals surface area (Å²) in [4.78, 5) is 4.13. The third-order valence-corrected chi connectivity index (χ3v) is 2.75. The number of benzene rings is 1. The fourth-order valence-electron chi connectivity index (χ4n) is 1.75. The number of hydrogen-bond acceptors (Lipinski definition) is 2. The van der Waals surface area contributed by atoms with Crippen molar-refractivity contribution in [1.29, 1.82) is 0 Å². The number of aromatic nitrogens is 2. The van der Waals surface area contributed by atoms with Gasteiger partial charge in [0, 0.05) is 31.9 Å². The molecule has 0 saturated carbocycles. The van der Waals surface area contributed by atoms with E-state index in [2.05, 4.69) is 27.3 Å². The second kappa shape index (κ2) is 7.13. The monoisotopic (exact) mass is 269 g/mol. The van der Waals surface area contributed by atoms with Gasteiger partial charge in [0.15, 0.2) is 5.96 Å². The van der Waals surface area contributed by atoms with Gasteiger partial charge >= 0.3 is 0 Å². The molecular formula is C15H19N5. The van der Waals surface area contributed by atoms with Gasteiger partial charge in [-0.3, -0.25) is 4.99 Å². The third-order valence-electron chi connectivity index (χ3n) is 2.75. The van der Waals surface area contributed by atoms with Crippen molar-refractivity contribution in [3.05, 3.63) is 60.9 Å². The van der Waals surface area contributed by atoms with Crippen molar-refractivity contribution in [2.75, 3.05) is 13.6 Å². The van der Waals surface area contributed by atoms with Crippen LogP contribution in [0.3, 0.4) is 0 Å². The van der Waals surface area contributed by atoms with Crippen LogP contribution >= 0.6 is 0 Å². The average Bonchev–Trinajstić information content (AvgIpc) is 2.97. The minimum atomic E-state index is 0.670. The molecule has 5 heteroatoms. The Bertz CT molecular complexity index is 571. The Morgan fingerprint density at radius 3 is 2.85 bits per heavy atom. The van der Waals surface area contributed by atoms with Crippen molar-refractivity contribution in [3.8, 4) is 5.69 Å². The Balaban J connectivity index is 1.95. The number of nitrogens with zero attached hydrogens (tertiary/aromatic N) is 3. The minimum Gasteiger partial charge on any atom is -0.353 e. The highest BCUT2D eigenvalue weighted by atomic mass is 15.3. The summed E-state index contributed by atoms with van der Waals surface area (Å²) in [6.07, 6.45) is 5.64. The predicted molar refractivity (Wildman–Crippen MR) is 82.0 cm³/mol. The highest BCUT2D eigenvalue weighted by Gasteiger charge is 2.01. The zero-order valence-electron chi connectivity index (χ0n) is 11.6. The van der Waals surface area contributed by atoms with Gasteiger partial charge in [0.05, 0.1) is 11.9 Å². The number of hydrogen-bond donors (Lipinski definition) is 2. The van der Waals surface area contributed by atoms with Crippen LogP contribution in [0.25, 0.3) is 5.69 Å². The van der Waals surface area contributed by atoms with Crippen LogP contribution in [-0.2, 0) is 6.54 Å². The van der Waals surface area contributed by atoms with Crippen molar-refractivity contribution in [2.24, 2.45) is 4.99 Å². The van der Waals surface area contributed by atoms with Gasteiger partial charge in [-0.05, 0) is 12.1 Å². The van der Waals surface area contributed by atoms with E-state index in [0.29, 0.717) is 13.1 Å². The summed E-state index contributed by atoms with van der Waals surface area (Å²) in [5.41, 5.74) is 2.14. The second-order valence-electron chi connectivity index (χ2n) is 4.22. The van der Waals surface area contributed by atoms with E-state index in [0.717, 1.165) is 17.2 Å². The van der Waals surface area contributed by atoms with Gasteiger partial charge in [0.1, 0.15) is 0 Å². The lowest BCUT2D eigenvalue weighted by Gasteiger charge is -2.08. The first-order valence-electron chi connectivity index (χ1n) is 6.48. The molecule has 0 aliphatic rings. The van der Waals surface area contributed by atoms with Crippen LogP contribution in [0.15, 0.2) is 60.4 Å². The van der Waals surface area contributed by atoms with E-state index in [1.807, 2.05) is 47.4 Å². The SMILES string of the molecule is C=CCNC(=NC)NCc1cnn(-c2ccccc2)c1. The molecule has 2 N–H and O–H groups in total. The summed E-state index contributed by atoms with van der Waals surface area (Å²) in [5, 5.41) is 10.7. The van der Waals surface area contributed by atoms with Gasteiger partial charge in [-0.25, -0.2) is 4.68 Å². The lowest BCUT2D eigenvalue weighted by molar-refractivity contribution is 0.845. The first-order chi connectivity index (χ1) is 9.83. The summed E-state index contributed by atoms with van der Waals surface area (Å²) in [6.45, 7) is 5.02. The Labute approximate surface area is 119 Å². The van der Waals surface area contributed by atoms with Gasteiger partial charge in [-0.2, -0.15) is 5.10 Å². The van der Waals surface area contributed by atoms with E-state index in [1.54, 1.807) is 13.1 Å². The van der Waals surface area contributed by atoms with Crippen molar-refractivity contribution in [1.82, 2.24) is 20.4 Å². The third kappa shape index (κ3) is 3.71. The van der Waals surface area contributed by atoms with Gasteiger partial charge < -0.3 is 10.6 Å². The first-order valence-corrected chi connectivity index (χ1v) is 6.48. The fourth-order valence-corrected chi connectivity index (χ4v) is 1.75. The van der Waals surface area contributed by atoms with E-state index in [9.17, 15) is 0 Å². The van der Waals surface area contributed by atoms with Crippen LogP contribution in [-0.4, -0.2) is 29.3 Å². The van der Waals surface area contributed by atoms with Crippen molar-refractivity contribution in [3.63, 3.8) is 0 Å². The summed E-state index contributed by atoms with van der Waals surface area (Å²) >= 11 is 0. The molecule has 1 aromatic carbocycles. The Hall–Kier alpha value is -2.56. The maximum atomic E-state index is 4.35. The highest BCUT2D eigenvalue weighted by molar-refractivity contribution is 5.79. The molecular weight excluding hydrogens is 250 g/mol. The molecule has 0 unspecified atom stereocenters. The van der Waals surface area contributed by atoms with Crippen LogP contribution in [0.2, 0.25) is 0 Å². The molecule has 0 amide bonds. The molecule has 0 spiro atoms. The minimum absolute atomic E-state index is 0.670. The zero-order chi connectivity index (χ0) is 14.2. The molecule has 1 aromatic heterocycles. The highest BCUT2D eigenvalue weighted by Crippen LogP contribution is 2.07. The number of guanidine groups is 1. The fraction of sp³-hybridized carbons (Fsp3) is 0.200. The largest absolute Gasteiger partial charge is 0.353 e. The van der Waals surface area contributed by atoms with E-state index in [1.165, 1.54) is 0 Å². The molecule has 1 heterocycles. The van der Waals surface area contributed by atoms with Crippen molar-refractivity contribution >= 4 is 5.96 Å². The summed E-state index contributed by atoms with van der Waals surface area (Å²) in [5.74, 6) is 0.748. The lowest BCUT2D eigenvalue weighted by Crippen LogP contribution is -2.36. The van der Waals surface area contributed by atoms with Crippen LogP contribution in [0, 0.1) is 0 Å². The normalized spacial score (nSPS) is 11.2. The van der Waals surface area contributed by atoms with E-state index < -0.39 is 0 Å². The Morgan fingerprint density at radius 1 is 1.35 bits per heavy atom. The quantitative estimate of drug-likeness (QED) is 0.494. The smallest absolute Gasteiger partial charge is 0.191 e. The average molecular weight is 269 g/mol. The van der Waals surface area contributed by atoms with E-state index in [4.69, 9.17) is 0 Å². The van der Waals surface area contributed by atoms with Crippen molar-refractivity contribution < 1.29 is 0 Å². The molecule has 5 nitrogen and oxygen atoms in total. The van der Waals surface area contributed by atoms with Crippen molar-refractivity contribution in [2.45, 2.75) is 6.54 Å². The number of aliphatic imine (C=N–C) groups is 1. The lowest BCUT2D eigenvalue weighted by atomic mass is 10.3. The Morgan fingerprint density at radius 2 is 2.15 bits per heavy atom. The molecule has 104 valence electrons. The van der Waals surface area contributed by atoms with Crippen LogP contribution in [0.4, 0.5) is 0 Å². The standard InChI is InChI=1S/C15H19N5/c1-3-9-17-15(16-2)18-10-13-11-19-20(12-13)14-7-5-4-6-8-14/h3-8,11-12H,1,9-10H2,2H3,(H2,16,17,18). The molecule has 0 bridgehead atoms. The molecule has 2 rings (SSSR count). The van der Waals surface area contributed by atoms with Crippen LogP contribution < -0.4 is 10.6 Å². The Kier molecular flexibility index (Phi) is 4.94. The molecule has 20 heavy (non-hydrogen) atoms. The van der Waals surface area contributed by atoms with Gasteiger partial charge in [-0.15, -0.1) is 6.58 Å². The van der Waals surface area contributed by atoms with Crippen LogP contribution in [0.5, 0.6) is 0 Å². The van der Waals surface area contributed by atoms with Gasteiger partial charge in [0.2, 0.25) is 0 Å². The van der Waals surface area contributed by atoms with Gasteiger partial charge in [-0.1, -0.05) is 24.3 Å². The zero-order valence-corrected chi connectivity index (χ0v) is 11.6. The molecule has 0 aliphatic carbocycles. The van der Waals surface area contributed by atoms with E-state index >= 15 is 0 Å². The predicted octanol–water partition coefficient (Wildman–Crippen LogP) is 1.72. The summed E-state index contributed by atoms with van der Waals surface area (Å²) in [7, 11) is 1.74. The van der Waals surface area contributed by atoms with Gasteiger partial charge in [0.25, 0.3) is 0 Å². The van der Waals surface area contributed by atoms with Crippen LogP contribution in [0.1, 0.15) is 5.56 Å². The maximum absolute atomic E-state index is 4.35. The first kappa shape index (κ1) is 13.9. The topological polar surface area (TPSA) is 54.2 Å². The summed E-state index contributed by atoms with van der Waals surface area (Å²) in [6, 6.07) is 10.0.